The molecule has 2 aliphatic rings. The number of aryl methyl sites for hydroxylation is 1. The van der Waals surface area contributed by atoms with Gasteiger partial charge in [0.2, 0.25) is 5.91 Å². The van der Waals surface area contributed by atoms with E-state index in [2.05, 4.69) is 51.8 Å². The highest BCUT2D eigenvalue weighted by molar-refractivity contribution is 5.93. The summed E-state index contributed by atoms with van der Waals surface area (Å²) in [6, 6.07) is 13.9. The number of hydrogen-bond acceptors (Lipinski definition) is 6. The van der Waals surface area contributed by atoms with Crippen molar-refractivity contribution in [2.24, 2.45) is 5.92 Å². The van der Waals surface area contributed by atoms with Gasteiger partial charge in [0, 0.05) is 25.2 Å². The van der Waals surface area contributed by atoms with Gasteiger partial charge >= 0.3 is 0 Å². The van der Waals surface area contributed by atoms with Crippen molar-refractivity contribution in [3.8, 4) is 0 Å². The first-order chi connectivity index (χ1) is 16.6. The van der Waals surface area contributed by atoms with Crippen molar-refractivity contribution in [2.75, 3.05) is 13.1 Å². The first-order valence-corrected chi connectivity index (χ1v) is 11.7. The first-order valence-electron chi connectivity index (χ1n) is 11.7. The van der Waals surface area contributed by atoms with Crippen molar-refractivity contribution in [3.63, 3.8) is 0 Å². The highest BCUT2D eigenvalue weighted by atomic mass is 16.5. The zero-order valence-electron chi connectivity index (χ0n) is 19.2. The van der Waals surface area contributed by atoms with Crippen LogP contribution < -0.4 is 5.32 Å². The summed E-state index contributed by atoms with van der Waals surface area (Å²) in [6.45, 7) is 4.31. The highest BCUT2D eigenvalue weighted by Crippen LogP contribution is 2.28. The summed E-state index contributed by atoms with van der Waals surface area (Å²) in [7, 11) is 0. The zero-order valence-corrected chi connectivity index (χ0v) is 19.2. The summed E-state index contributed by atoms with van der Waals surface area (Å²) in [6.07, 6.45) is 2.84. The average molecular weight is 461 g/mol. The number of piperidine rings is 1. The van der Waals surface area contributed by atoms with Gasteiger partial charge in [-0.05, 0) is 37.5 Å². The van der Waals surface area contributed by atoms with Crippen molar-refractivity contribution in [3.05, 3.63) is 76.9 Å². The van der Waals surface area contributed by atoms with E-state index in [1.165, 1.54) is 5.56 Å². The zero-order chi connectivity index (χ0) is 23.5. The average Bonchev–Trinajstić information content (AvgIpc) is 3.31. The lowest BCUT2D eigenvalue weighted by Gasteiger charge is -2.31. The Morgan fingerprint density at radius 1 is 1.12 bits per heavy atom. The van der Waals surface area contributed by atoms with Gasteiger partial charge in [0.15, 0.2) is 5.69 Å². The van der Waals surface area contributed by atoms with Gasteiger partial charge in [-0.1, -0.05) is 41.1 Å². The molecule has 2 aliphatic heterocycles. The Morgan fingerprint density at radius 3 is 2.65 bits per heavy atom. The van der Waals surface area contributed by atoms with Gasteiger partial charge < -0.3 is 15.0 Å². The van der Waals surface area contributed by atoms with E-state index in [1.807, 2.05) is 18.2 Å². The number of nitrogens with zero attached hydrogens (tertiary/aromatic N) is 5. The SMILES string of the molecule is Cc1ccc([C@@H]2Cn3nnc(C(=O)N4CCC(C(=O)NCc5ccccn5)CC4)c3CO2)cc1. The van der Waals surface area contributed by atoms with Crippen LogP contribution in [0.3, 0.4) is 0 Å². The second kappa shape index (κ2) is 9.72. The number of nitrogens with one attached hydrogen (secondary N) is 1. The number of carbonyl (C=O) groups excluding carboxylic acids is 2. The Bertz CT molecular complexity index is 1150. The van der Waals surface area contributed by atoms with Gasteiger partial charge in [0.1, 0.15) is 6.10 Å². The van der Waals surface area contributed by atoms with Gasteiger partial charge in [-0.25, -0.2) is 4.68 Å². The Balaban J connectivity index is 1.16. The molecule has 176 valence electrons. The minimum Gasteiger partial charge on any atom is -0.365 e. The van der Waals surface area contributed by atoms with Crippen LogP contribution in [0.1, 0.15) is 51.9 Å². The van der Waals surface area contributed by atoms with Crippen LogP contribution in [0.15, 0.2) is 48.7 Å². The number of carbonyl (C=O) groups is 2. The fraction of sp³-hybridized carbons (Fsp3) is 0.400. The highest BCUT2D eigenvalue weighted by Gasteiger charge is 2.33. The minimum atomic E-state index is -0.147. The predicted molar refractivity (Wildman–Crippen MR) is 123 cm³/mol. The number of ether oxygens (including phenoxy) is 1. The second-order valence-electron chi connectivity index (χ2n) is 8.88. The lowest BCUT2D eigenvalue weighted by Crippen LogP contribution is -2.43. The maximum absolute atomic E-state index is 13.2. The van der Waals surface area contributed by atoms with Gasteiger partial charge in [0.05, 0.1) is 31.1 Å². The van der Waals surface area contributed by atoms with Gasteiger partial charge in [-0.15, -0.1) is 5.10 Å². The molecular weight excluding hydrogens is 432 g/mol. The normalized spacial score (nSPS) is 18.4. The Kier molecular flexibility index (Phi) is 6.35. The topological polar surface area (TPSA) is 102 Å². The summed E-state index contributed by atoms with van der Waals surface area (Å²) in [5.74, 6) is -0.249. The van der Waals surface area contributed by atoms with Crippen molar-refractivity contribution in [1.82, 2.24) is 30.2 Å². The number of amides is 2. The minimum absolute atomic E-state index is 0.00865. The molecule has 1 aromatic carbocycles. The number of aromatic nitrogens is 4. The quantitative estimate of drug-likeness (QED) is 0.627. The molecule has 0 aliphatic carbocycles. The Labute approximate surface area is 198 Å². The lowest BCUT2D eigenvalue weighted by atomic mass is 9.95. The second-order valence-corrected chi connectivity index (χ2v) is 8.88. The standard InChI is InChI=1S/C25H28N6O3/c1-17-5-7-18(8-6-17)22-15-31-21(16-34-22)23(28-29-31)25(33)30-12-9-19(10-13-30)24(32)27-14-20-4-2-3-11-26-20/h2-8,11,19,22H,9-10,12-16H2,1H3,(H,27,32)/t22-/m0/s1. The summed E-state index contributed by atoms with van der Waals surface area (Å²) in [5.41, 5.74) is 4.17. The van der Waals surface area contributed by atoms with Crippen LogP contribution in [0.4, 0.5) is 0 Å². The largest absolute Gasteiger partial charge is 0.365 e. The molecule has 9 heteroatoms. The summed E-state index contributed by atoms with van der Waals surface area (Å²) >= 11 is 0. The number of fused-ring (bicyclic) bond motifs is 1. The molecular formula is C25H28N6O3. The summed E-state index contributed by atoms with van der Waals surface area (Å²) < 4.78 is 7.83. The molecule has 3 aromatic rings. The maximum atomic E-state index is 13.2. The molecule has 0 bridgehead atoms. The van der Waals surface area contributed by atoms with E-state index in [9.17, 15) is 9.59 Å². The van der Waals surface area contributed by atoms with E-state index in [0.29, 0.717) is 57.0 Å². The van der Waals surface area contributed by atoms with Crippen molar-refractivity contribution in [2.45, 2.75) is 45.6 Å². The van der Waals surface area contributed by atoms with Gasteiger partial charge in [-0.3, -0.25) is 14.6 Å². The number of likely N-dealkylation sites (tertiary alicyclic amines) is 1. The third-order valence-electron chi connectivity index (χ3n) is 6.57. The summed E-state index contributed by atoms with van der Waals surface area (Å²) in [4.78, 5) is 31.7. The molecule has 34 heavy (non-hydrogen) atoms. The van der Waals surface area contributed by atoms with Gasteiger partial charge in [-0.2, -0.15) is 0 Å². The van der Waals surface area contributed by atoms with E-state index < -0.39 is 0 Å². The third-order valence-corrected chi connectivity index (χ3v) is 6.57. The number of rotatable bonds is 5. The molecule has 0 radical (unpaired) electrons. The predicted octanol–water partition coefficient (Wildman–Crippen LogP) is 2.42. The van der Waals surface area contributed by atoms with Crippen LogP contribution in [-0.4, -0.2) is 49.8 Å². The van der Waals surface area contributed by atoms with Crippen LogP contribution in [0, 0.1) is 12.8 Å². The van der Waals surface area contributed by atoms with Gasteiger partial charge in [0.25, 0.3) is 5.91 Å². The molecule has 1 atom stereocenters. The maximum Gasteiger partial charge on any atom is 0.276 e. The molecule has 1 saturated heterocycles. The molecule has 0 saturated carbocycles. The monoisotopic (exact) mass is 460 g/mol. The van der Waals surface area contributed by atoms with Crippen LogP contribution in [0.25, 0.3) is 0 Å². The number of hydrogen-bond donors (Lipinski definition) is 1. The number of benzene rings is 1. The molecule has 4 heterocycles. The van der Waals surface area contributed by atoms with E-state index in [-0.39, 0.29) is 23.8 Å². The Morgan fingerprint density at radius 2 is 1.91 bits per heavy atom. The smallest absolute Gasteiger partial charge is 0.276 e. The summed E-state index contributed by atoms with van der Waals surface area (Å²) in [5, 5.41) is 11.4. The molecule has 1 fully saturated rings. The lowest BCUT2D eigenvalue weighted by molar-refractivity contribution is -0.126. The van der Waals surface area contributed by atoms with Crippen LogP contribution in [-0.2, 0) is 29.2 Å². The van der Waals surface area contributed by atoms with E-state index in [0.717, 1.165) is 11.3 Å². The van der Waals surface area contributed by atoms with E-state index in [1.54, 1.807) is 15.8 Å². The molecule has 0 spiro atoms. The van der Waals surface area contributed by atoms with Crippen LogP contribution >= 0.6 is 0 Å². The molecule has 2 amide bonds. The molecule has 9 nitrogen and oxygen atoms in total. The van der Waals surface area contributed by atoms with Crippen LogP contribution in [0.5, 0.6) is 0 Å². The number of pyridine rings is 1. The van der Waals surface area contributed by atoms with Crippen LogP contribution in [0.2, 0.25) is 0 Å². The fourth-order valence-corrected chi connectivity index (χ4v) is 4.48. The molecule has 2 aromatic heterocycles. The molecule has 1 N–H and O–H groups in total. The van der Waals surface area contributed by atoms with E-state index >= 15 is 0 Å². The van der Waals surface area contributed by atoms with Crippen molar-refractivity contribution >= 4 is 11.8 Å². The first kappa shape index (κ1) is 22.2. The Hall–Kier alpha value is -3.59. The van der Waals surface area contributed by atoms with E-state index in [4.69, 9.17) is 4.74 Å². The molecule has 0 unspecified atom stereocenters. The third kappa shape index (κ3) is 4.70. The van der Waals surface area contributed by atoms with Crippen molar-refractivity contribution in [1.29, 1.82) is 0 Å². The molecule has 5 rings (SSSR count). The fourth-order valence-electron chi connectivity index (χ4n) is 4.48. The van der Waals surface area contributed by atoms with Crippen molar-refractivity contribution < 1.29 is 14.3 Å².